The number of benzene rings is 2. The third kappa shape index (κ3) is 22.2. The number of primary amides is 1. The van der Waals surface area contributed by atoms with Gasteiger partial charge in [-0.3, -0.25) is 52.7 Å². The second-order valence-corrected chi connectivity index (χ2v) is 21.2. The number of aromatic amines is 2. The topological polar surface area (TPSA) is 497 Å². The Labute approximate surface area is 494 Å². The van der Waals surface area contributed by atoms with Gasteiger partial charge in [0.2, 0.25) is 53.2 Å². The van der Waals surface area contributed by atoms with Gasteiger partial charge in [0.05, 0.1) is 25.3 Å². The van der Waals surface area contributed by atoms with Crippen molar-refractivity contribution in [2.45, 2.75) is 145 Å². The monoisotopic (exact) mass is 1210 g/mol. The molecule has 0 saturated carbocycles. The first-order valence-electron chi connectivity index (χ1n) is 27.6. The van der Waals surface area contributed by atoms with Gasteiger partial charge >= 0.3 is 17.9 Å². The molecule has 29 nitrogen and oxygen atoms in total. The Morgan fingerprint density at radius 1 is 0.482 bits per heavy atom. The molecule has 2 heterocycles. The normalized spacial score (nSPS) is 14.4. The standard InChI is InChI=1S/C55H78N14O15S/c1-28(2)19-38(65-51(79)39(64-47(75)33(58)27-85)20-29-25-60-34-13-5-3-11-31(29)34)49(77)66-40(21-30-26-61-35-14-6-4-12-32(30)35)50(78)62-36(15-7-9-17-56)48(76)68-43(24-46(73)74)54(82)67-41(22-44(59)70)52(80)69-42(23-45(71)72)53(81)63-37(55(83)84)16-8-10-18-57/h3-6,11-14,25-26,28,33,36-43,60-61,85H,7-10,15-24,27,56-58H2,1-2H3,(H2,59,70)(H,62,78)(H,63,81)(H,64,75)(H,65,79)(H,66,77)(H,67,82)(H,68,76)(H,69,80)(H,71,72)(H,73,74)(H,83,84)/t33-,36-,37-,38-,39-,40-,41-,42-,43-/m0/s1. The van der Waals surface area contributed by atoms with E-state index < -0.39 is 145 Å². The molecule has 9 atom stereocenters. The number of fused-ring (bicyclic) bond motifs is 2. The summed E-state index contributed by atoms with van der Waals surface area (Å²) in [4.78, 5) is 167. The molecule has 0 fully saturated rings. The number of nitrogens with one attached hydrogen (secondary N) is 10. The third-order valence-electron chi connectivity index (χ3n) is 13.5. The number of para-hydroxylation sites is 2. The molecule has 2 aromatic heterocycles. The highest BCUT2D eigenvalue weighted by Gasteiger charge is 2.37. The van der Waals surface area contributed by atoms with Crippen molar-refractivity contribution < 1.29 is 72.9 Å². The lowest BCUT2D eigenvalue weighted by Crippen LogP contribution is -2.61. The van der Waals surface area contributed by atoms with Gasteiger partial charge in [0.25, 0.3) is 0 Å². The molecular weight excluding hydrogens is 1130 g/mol. The number of aromatic nitrogens is 2. The summed E-state index contributed by atoms with van der Waals surface area (Å²) in [6.07, 6.45) is 0.659. The fourth-order valence-corrected chi connectivity index (χ4v) is 9.29. The smallest absolute Gasteiger partial charge is 0.326 e. The van der Waals surface area contributed by atoms with E-state index in [0.29, 0.717) is 34.9 Å². The average molecular weight is 1210 g/mol. The number of hydrogen-bond donors (Lipinski definition) is 18. The first-order chi connectivity index (χ1) is 40.3. The average Bonchev–Trinajstić information content (AvgIpc) is 3.20. The molecular formula is C55H78N14O15S. The number of nitrogens with two attached hydrogens (primary N) is 4. The molecule has 0 aliphatic heterocycles. The number of carbonyl (C=O) groups excluding carboxylic acids is 9. The second-order valence-electron chi connectivity index (χ2n) is 20.8. The fraction of sp³-hybridized carbons (Fsp3) is 0.491. The summed E-state index contributed by atoms with van der Waals surface area (Å²) >= 11 is 4.13. The van der Waals surface area contributed by atoms with Crippen LogP contribution in [0.5, 0.6) is 0 Å². The van der Waals surface area contributed by atoms with Crippen molar-refractivity contribution in [2.24, 2.45) is 28.9 Å². The van der Waals surface area contributed by atoms with E-state index in [9.17, 15) is 72.9 Å². The summed E-state index contributed by atoms with van der Waals surface area (Å²) in [5.41, 5.74) is 25.3. The van der Waals surface area contributed by atoms with Crippen LogP contribution in [-0.4, -0.2) is 170 Å². The van der Waals surface area contributed by atoms with Gasteiger partial charge in [0.1, 0.15) is 48.3 Å². The van der Waals surface area contributed by atoms with Crippen LogP contribution in [0.1, 0.15) is 89.2 Å². The molecule has 4 rings (SSSR count). The van der Waals surface area contributed by atoms with Gasteiger partial charge in [0.15, 0.2) is 0 Å². The molecule has 21 N–H and O–H groups in total. The Balaban J connectivity index is 1.65. The number of H-pyrrole nitrogens is 2. The Hall–Kier alpha value is -8.61. The number of carbonyl (C=O) groups is 12. The molecule has 30 heteroatoms. The quantitative estimate of drug-likeness (QED) is 0.0167. The van der Waals surface area contributed by atoms with Gasteiger partial charge < -0.3 is 90.8 Å². The highest BCUT2D eigenvalue weighted by atomic mass is 32.1. The minimum atomic E-state index is -2.06. The number of aliphatic carboxylic acids is 3. The lowest BCUT2D eigenvalue weighted by molar-refractivity contribution is -0.144. The largest absolute Gasteiger partial charge is 0.481 e. The number of carboxylic acid groups (broad SMARTS) is 3. The molecule has 464 valence electrons. The van der Waals surface area contributed by atoms with Crippen LogP contribution in [0.3, 0.4) is 0 Å². The molecule has 0 radical (unpaired) electrons. The maximum absolute atomic E-state index is 14.8. The van der Waals surface area contributed by atoms with E-state index in [1.54, 1.807) is 50.5 Å². The van der Waals surface area contributed by atoms with Crippen LogP contribution < -0.4 is 65.5 Å². The van der Waals surface area contributed by atoms with Crippen molar-refractivity contribution in [1.82, 2.24) is 52.5 Å². The predicted molar refractivity (Wildman–Crippen MR) is 312 cm³/mol. The Morgan fingerprint density at radius 2 is 0.835 bits per heavy atom. The van der Waals surface area contributed by atoms with Gasteiger partial charge in [-0.1, -0.05) is 50.2 Å². The van der Waals surface area contributed by atoms with Crippen molar-refractivity contribution >= 4 is 106 Å². The van der Waals surface area contributed by atoms with Crippen LogP contribution in [-0.2, 0) is 70.4 Å². The molecule has 85 heavy (non-hydrogen) atoms. The highest BCUT2D eigenvalue weighted by molar-refractivity contribution is 7.80. The molecule has 0 unspecified atom stereocenters. The zero-order valence-electron chi connectivity index (χ0n) is 47.2. The first kappa shape index (κ1) is 68.9. The number of rotatable bonds is 38. The Bertz CT molecular complexity index is 3010. The minimum Gasteiger partial charge on any atom is -0.481 e. The number of unbranched alkanes of at least 4 members (excludes halogenated alkanes) is 2. The van der Waals surface area contributed by atoms with Gasteiger partial charge in [-0.15, -0.1) is 0 Å². The van der Waals surface area contributed by atoms with E-state index in [4.69, 9.17) is 22.9 Å². The molecule has 0 spiro atoms. The number of thiol groups is 1. The Morgan fingerprint density at radius 3 is 1.25 bits per heavy atom. The number of carboxylic acids is 3. The van der Waals surface area contributed by atoms with E-state index in [0.717, 1.165) is 10.9 Å². The van der Waals surface area contributed by atoms with Gasteiger partial charge in [0, 0.05) is 52.8 Å². The fourth-order valence-electron chi connectivity index (χ4n) is 9.12. The summed E-state index contributed by atoms with van der Waals surface area (Å²) in [5, 5.41) is 50.0. The van der Waals surface area contributed by atoms with E-state index in [1.807, 2.05) is 24.3 Å². The van der Waals surface area contributed by atoms with Crippen molar-refractivity contribution in [2.75, 3.05) is 18.8 Å². The van der Waals surface area contributed by atoms with E-state index in [2.05, 4.69) is 65.1 Å². The van der Waals surface area contributed by atoms with Crippen molar-refractivity contribution in [1.29, 1.82) is 0 Å². The maximum atomic E-state index is 14.8. The number of amides is 9. The van der Waals surface area contributed by atoms with Crippen LogP contribution in [0.2, 0.25) is 0 Å². The molecule has 0 aliphatic carbocycles. The number of hydrogen-bond acceptors (Lipinski definition) is 16. The lowest BCUT2D eigenvalue weighted by atomic mass is 9.99. The zero-order chi connectivity index (χ0) is 62.9. The summed E-state index contributed by atoms with van der Waals surface area (Å²) in [5.74, 6) is -14.7. The minimum absolute atomic E-state index is 0.0296. The van der Waals surface area contributed by atoms with Crippen LogP contribution >= 0.6 is 12.6 Å². The summed E-state index contributed by atoms with van der Waals surface area (Å²) in [7, 11) is 0. The summed E-state index contributed by atoms with van der Waals surface area (Å²) < 4.78 is 0. The van der Waals surface area contributed by atoms with Crippen LogP contribution in [0.4, 0.5) is 0 Å². The molecule has 0 bridgehead atoms. The molecule has 4 aromatic rings. The van der Waals surface area contributed by atoms with Crippen molar-refractivity contribution in [3.05, 3.63) is 72.1 Å². The van der Waals surface area contributed by atoms with Crippen molar-refractivity contribution in [3.8, 4) is 0 Å². The SMILES string of the molecule is CC(C)C[C@H](NC(=O)[C@H](Cc1c[nH]c2ccccc12)NC(=O)[C@@H](N)CS)C(=O)N[C@@H](Cc1c[nH]c2ccccc12)C(=O)N[C@@H](CCCCN)C(=O)N[C@@H](CC(=O)O)C(=O)N[C@@H](CC(N)=O)C(=O)N[C@@H](CC(=O)O)C(=O)N[C@@H](CCCCN)C(=O)O. The third-order valence-corrected chi connectivity index (χ3v) is 13.9. The van der Waals surface area contributed by atoms with E-state index in [-0.39, 0.29) is 69.7 Å². The van der Waals surface area contributed by atoms with Crippen LogP contribution in [0.25, 0.3) is 21.8 Å². The van der Waals surface area contributed by atoms with Crippen LogP contribution in [0, 0.1) is 5.92 Å². The first-order valence-corrected chi connectivity index (χ1v) is 28.2. The molecule has 9 amide bonds. The molecule has 0 aliphatic rings. The summed E-state index contributed by atoms with van der Waals surface area (Å²) in [6, 6.07) is -0.0225. The van der Waals surface area contributed by atoms with Crippen molar-refractivity contribution in [3.63, 3.8) is 0 Å². The summed E-state index contributed by atoms with van der Waals surface area (Å²) in [6.45, 7) is 3.93. The maximum Gasteiger partial charge on any atom is 0.326 e. The molecule has 2 aromatic carbocycles. The lowest BCUT2D eigenvalue weighted by Gasteiger charge is -2.28. The van der Waals surface area contributed by atoms with E-state index >= 15 is 0 Å². The van der Waals surface area contributed by atoms with E-state index in [1.165, 1.54) is 0 Å². The highest BCUT2D eigenvalue weighted by Crippen LogP contribution is 2.22. The molecule has 0 saturated heterocycles. The van der Waals surface area contributed by atoms with Crippen LogP contribution in [0.15, 0.2) is 60.9 Å². The van der Waals surface area contributed by atoms with Gasteiger partial charge in [-0.05, 0) is 87.2 Å². The van der Waals surface area contributed by atoms with Gasteiger partial charge in [-0.25, -0.2) is 4.79 Å². The Kier molecular flexibility index (Phi) is 27.7. The van der Waals surface area contributed by atoms with Gasteiger partial charge in [-0.2, -0.15) is 12.6 Å². The second kappa shape index (κ2) is 34.2. The zero-order valence-corrected chi connectivity index (χ0v) is 48.0. The predicted octanol–water partition coefficient (Wildman–Crippen LogP) is -2.22.